The van der Waals surface area contributed by atoms with Gasteiger partial charge in [0.05, 0.1) is 0 Å². The lowest BCUT2D eigenvalue weighted by Crippen LogP contribution is -2.37. The molecule has 5 heteroatoms. The van der Waals surface area contributed by atoms with Crippen LogP contribution >= 0.6 is 24.0 Å². The molecule has 0 unspecified atom stereocenters. The van der Waals surface area contributed by atoms with Crippen LogP contribution in [0.4, 0.5) is 0 Å². The first kappa shape index (κ1) is 13.2. The van der Waals surface area contributed by atoms with Gasteiger partial charge in [-0.05, 0) is 12.0 Å². The fourth-order valence-electron chi connectivity index (χ4n) is 0.996. The summed E-state index contributed by atoms with van der Waals surface area (Å²) in [5.41, 5.74) is 8.88. The number of nitrogens with two attached hydrogens (primary N) is 2. The smallest absolute Gasteiger partial charge is 0.203 e. The van der Waals surface area contributed by atoms with Gasteiger partial charge < -0.3 is 5.73 Å². The lowest BCUT2D eigenvalue weighted by atomic mass is 10.2. The first-order valence-electron chi connectivity index (χ1n) is 4.13. The number of hydrogen-bond acceptors (Lipinski definition) is 2. The lowest BCUT2D eigenvalue weighted by molar-refractivity contribution is 0.923. The summed E-state index contributed by atoms with van der Waals surface area (Å²) in [7, 11) is 0. The van der Waals surface area contributed by atoms with Gasteiger partial charge in [-0.2, -0.15) is 0 Å². The molecule has 1 rings (SSSR count). The molecule has 1 aromatic carbocycles. The molecule has 0 saturated heterocycles. The van der Waals surface area contributed by atoms with E-state index in [4.69, 9.17) is 11.6 Å². The molecule has 0 spiro atoms. The van der Waals surface area contributed by atoms with Crippen LogP contribution < -0.4 is 17.0 Å². The van der Waals surface area contributed by atoms with E-state index in [1.807, 2.05) is 18.2 Å². The molecule has 1 aromatic rings. The van der Waals surface area contributed by atoms with Crippen LogP contribution in [0.1, 0.15) is 5.56 Å². The van der Waals surface area contributed by atoms with E-state index in [9.17, 15) is 0 Å². The third kappa shape index (κ3) is 5.03. The normalized spacial score (nSPS) is 10.5. The molecule has 4 nitrogen and oxygen atoms in total. The van der Waals surface area contributed by atoms with Crippen molar-refractivity contribution in [3.05, 3.63) is 35.9 Å². The first-order chi connectivity index (χ1) is 6.33. The zero-order valence-corrected chi connectivity index (χ0v) is 10.1. The molecular weight excluding hydrogens is 291 g/mol. The fourth-order valence-corrected chi connectivity index (χ4v) is 0.996. The number of nitrogens with one attached hydrogen (secondary N) is 1. The first-order valence-corrected chi connectivity index (χ1v) is 4.13. The summed E-state index contributed by atoms with van der Waals surface area (Å²) in [6, 6.07) is 10.1. The number of aliphatic imine (C=N–C) groups is 1. The Morgan fingerprint density at radius 1 is 1.29 bits per heavy atom. The second kappa shape index (κ2) is 7.57. The summed E-state index contributed by atoms with van der Waals surface area (Å²) in [4.78, 5) is 4.00. The molecule has 0 bridgehead atoms. The van der Waals surface area contributed by atoms with E-state index in [0.29, 0.717) is 6.54 Å². The highest BCUT2D eigenvalue weighted by Crippen LogP contribution is 1.98. The van der Waals surface area contributed by atoms with Gasteiger partial charge in [0.25, 0.3) is 0 Å². The molecule has 0 atom stereocenters. The van der Waals surface area contributed by atoms with Gasteiger partial charge in [-0.1, -0.05) is 30.3 Å². The minimum Gasteiger partial charge on any atom is -0.369 e. The quantitative estimate of drug-likeness (QED) is 0.252. The zero-order valence-electron chi connectivity index (χ0n) is 7.81. The molecule has 0 aliphatic rings. The highest BCUT2D eigenvalue weighted by molar-refractivity contribution is 14.0. The minimum absolute atomic E-state index is 0. The summed E-state index contributed by atoms with van der Waals surface area (Å²) in [6.07, 6.45) is 0.878. The number of hydrazine groups is 1. The van der Waals surface area contributed by atoms with Crippen molar-refractivity contribution in [2.24, 2.45) is 16.6 Å². The van der Waals surface area contributed by atoms with Crippen LogP contribution in [0.5, 0.6) is 0 Å². The number of hydrogen-bond donors (Lipinski definition) is 3. The molecule has 0 aliphatic heterocycles. The van der Waals surface area contributed by atoms with Crippen LogP contribution in [-0.2, 0) is 6.42 Å². The Kier molecular flexibility index (Phi) is 7.13. The summed E-state index contributed by atoms with van der Waals surface area (Å²) in [5, 5.41) is 0. The van der Waals surface area contributed by atoms with E-state index < -0.39 is 0 Å². The van der Waals surface area contributed by atoms with Crippen molar-refractivity contribution in [1.82, 2.24) is 5.43 Å². The topological polar surface area (TPSA) is 76.4 Å². The number of rotatable bonds is 3. The lowest BCUT2D eigenvalue weighted by Gasteiger charge is -1.99. The minimum atomic E-state index is 0. The van der Waals surface area contributed by atoms with Crippen molar-refractivity contribution >= 4 is 29.9 Å². The van der Waals surface area contributed by atoms with Gasteiger partial charge in [0.1, 0.15) is 0 Å². The maximum atomic E-state index is 5.35. The maximum Gasteiger partial charge on any atom is 0.203 e. The van der Waals surface area contributed by atoms with E-state index in [0.717, 1.165) is 6.42 Å². The molecular formula is C9H15IN4. The van der Waals surface area contributed by atoms with Crippen molar-refractivity contribution in [3.63, 3.8) is 0 Å². The van der Waals surface area contributed by atoms with E-state index >= 15 is 0 Å². The number of guanidine groups is 1. The van der Waals surface area contributed by atoms with Gasteiger partial charge in [-0.3, -0.25) is 10.4 Å². The van der Waals surface area contributed by atoms with Crippen molar-refractivity contribution < 1.29 is 0 Å². The van der Waals surface area contributed by atoms with Crippen molar-refractivity contribution in [2.45, 2.75) is 6.42 Å². The third-order valence-corrected chi connectivity index (χ3v) is 1.67. The van der Waals surface area contributed by atoms with E-state index in [1.165, 1.54) is 5.56 Å². The predicted molar refractivity (Wildman–Crippen MR) is 69.4 cm³/mol. The molecule has 0 aromatic heterocycles. The van der Waals surface area contributed by atoms with Gasteiger partial charge in [0.15, 0.2) is 0 Å². The van der Waals surface area contributed by atoms with Crippen LogP contribution in [0, 0.1) is 0 Å². The Hall–Kier alpha value is -0.820. The molecule has 0 aliphatic carbocycles. The number of halogens is 1. The largest absolute Gasteiger partial charge is 0.369 e. The van der Waals surface area contributed by atoms with E-state index in [1.54, 1.807) is 0 Å². The standard InChI is InChI=1S/C9H14N4.HI/c10-9(13-11)12-7-6-8-4-2-1-3-5-8;/h1-5H,6-7,11H2,(H3,10,12,13);1H. The van der Waals surface area contributed by atoms with Gasteiger partial charge in [-0.25, -0.2) is 5.84 Å². The molecule has 5 N–H and O–H groups in total. The average molecular weight is 306 g/mol. The van der Waals surface area contributed by atoms with Crippen LogP contribution in [0.2, 0.25) is 0 Å². The van der Waals surface area contributed by atoms with Crippen LogP contribution in [-0.4, -0.2) is 12.5 Å². The fraction of sp³-hybridized carbons (Fsp3) is 0.222. The SMILES string of the molecule is I.NNC(N)=NCCc1ccccc1. The van der Waals surface area contributed by atoms with Gasteiger partial charge >= 0.3 is 0 Å². The highest BCUT2D eigenvalue weighted by Gasteiger charge is 1.90. The van der Waals surface area contributed by atoms with Gasteiger partial charge in [0.2, 0.25) is 5.96 Å². The Balaban J connectivity index is 0.00000169. The summed E-state index contributed by atoms with van der Waals surface area (Å²) < 4.78 is 0. The second-order valence-corrected chi connectivity index (χ2v) is 2.65. The molecule has 0 fully saturated rings. The van der Waals surface area contributed by atoms with E-state index in [-0.39, 0.29) is 29.9 Å². The Labute approximate surface area is 101 Å². The van der Waals surface area contributed by atoms with Crippen LogP contribution in [0.3, 0.4) is 0 Å². The average Bonchev–Trinajstić information content (AvgIpc) is 2.19. The van der Waals surface area contributed by atoms with Crippen molar-refractivity contribution in [3.8, 4) is 0 Å². The molecule has 0 saturated carbocycles. The highest BCUT2D eigenvalue weighted by atomic mass is 127. The number of nitrogens with zero attached hydrogens (tertiary/aromatic N) is 1. The van der Waals surface area contributed by atoms with Gasteiger partial charge in [0, 0.05) is 6.54 Å². The molecule has 0 amide bonds. The predicted octanol–water partition coefficient (Wildman–Crippen LogP) is 0.625. The Morgan fingerprint density at radius 2 is 1.93 bits per heavy atom. The zero-order chi connectivity index (χ0) is 9.52. The monoisotopic (exact) mass is 306 g/mol. The van der Waals surface area contributed by atoms with Crippen molar-refractivity contribution in [2.75, 3.05) is 6.54 Å². The Bertz CT molecular complexity index is 273. The maximum absolute atomic E-state index is 5.35. The van der Waals surface area contributed by atoms with E-state index in [2.05, 4.69) is 22.6 Å². The Morgan fingerprint density at radius 3 is 2.50 bits per heavy atom. The number of benzene rings is 1. The van der Waals surface area contributed by atoms with Gasteiger partial charge in [-0.15, -0.1) is 24.0 Å². The summed E-state index contributed by atoms with van der Waals surface area (Å²) in [6.45, 7) is 0.653. The molecule has 0 radical (unpaired) electrons. The molecule has 14 heavy (non-hydrogen) atoms. The summed E-state index contributed by atoms with van der Waals surface area (Å²) >= 11 is 0. The molecule has 0 heterocycles. The molecule has 78 valence electrons. The summed E-state index contributed by atoms with van der Waals surface area (Å²) in [5.74, 6) is 5.32. The third-order valence-electron chi connectivity index (χ3n) is 1.67. The second-order valence-electron chi connectivity index (χ2n) is 2.65. The van der Waals surface area contributed by atoms with Crippen LogP contribution in [0.15, 0.2) is 35.3 Å². The van der Waals surface area contributed by atoms with Crippen LogP contribution in [0.25, 0.3) is 0 Å². The van der Waals surface area contributed by atoms with Crippen molar-refractivity contribution in [1.29, 1.82) is 0 Å².